The van der Waals surface area contributed by atoms with E-state index >= 15 is 0 Å². The van der Waals surface area contributed by atoms with Gasteiger partial charge in [-0.1, -0.05) is 72.8 Å². The quantitative estimate of drug-likeness (QED) is 0.422. The number of amides is 1. The van der Waals surface area contributed by atoms with Gasteiger partial charge in [-0.25, -0.2) is 0 Å². The van der Waals surface area contributed by atoms with Crippen LogP contribution in [0.25, 0.3) is 0 Å². The summed E-state index contributed by atoms with van der Waals surface area (Å²) in [7, 11) is 0. The molecular formula is C30H33NO4. The molecule has 4 rings (SSSR count). The summed E-state index contributed by atoms with van der Waals surface area (Å²) in [4.78, 5) is 25.8. The smallest absolute Gasteiger partial charge is 0.305 e. The van der Waals surface area contributed by atoms with Crippen LogP contribution < -0.4 is 4.74 Å². The predicted molar refractivity (Wildman–Crippen MR) is 137 cm³/mol. The Balaban J connectivity index is 1.35. The van der Waals surface area contributed by atoms with Crippen LogP contribution in [0.4, 0.5) is 0 Å². The number of hydrogen-bond donors (Lipinski definition) is 1. The molecule has 3 aromatic carbocycles. The van der Waals surface area contributed by atoms with Gasteiger partial charge in [0.2, 0.25) is 5.91 Å². The molecule has 0 aromatic heterocycles. The van der Waals surface area contributed by atoms with Crippen molar-refractivity contribution in [3.8, 4) is 5.75 Å². The van der Waals surface area contributed by atoms with Crippen molar-refractivity contribution >= 4 is 11.9 Å². The minimum Gasteiger partial charge on any atom is -0.487 e. The van der Waals surface area contributed by atoms with Gasteiger partial charge in [-0.2, -0.15) is 0 Å². The van der Waals surface area contributed by atoms with Crippen LogP contribution in [0.2, 0.25) is 0 Å². The summed E-state index contributed by atoms with van der Waals surface area (Å²) in [5.74, 6) is 0.0250. The maximum absolute atomic E-state index is 13.0. The molecule has 1 amide bonds. The average molecular weight is 472 g/mol. The fourth-order valence-corrected chi connectivity index (χ4v) is 4.77. The second-order valence-corrected chi connectivity index (χ2v) is 9.59. The number of carboxylic acid groups (broad SMARTS) is 1. The molecule has 0 fully saturated rings. The summed E-state index contributed by atoms with van der Waals surface area (Å²) < 4.78 is 6.31. The Kier molecular flexibility index (Phi) is 7.86. The highest BCUT2D eigenvalue weighted by Gasteiger charge is 2.35. The minimum atomic E-state index is -0.889. The third-order valence-electron chi connectivity index (χ3n) is 6.56. The lowest BCUT2D eigenvalue weighted by Crippen LogP contribution is -2.35. The fraction of sp³-hybridized carbons (Fsp3) is 0.333. The van der Waals surface area contributed by atoms with Crippen LogP contribution in [0.1, 0.15) is 42.0 Å². The van der Waals surface area contributed by atoms with Gasteiger partial charge in [-0.15, -0.1) is 0 Å². The number of aryl methyl sites for hydroxylation is 1. The molecule has 0 unspecified atom stereocenters. The van der Waals surface area contributed by atoms with E-state index in [1.54, 1.807) is 4.90 Å². The summed E-state index contributed by atoms with van der Waals surface area (Å²) in [6.45, 7) is 2.90. The van der Waals surface area contributed by atoms with Crippen molar-refractivity contribution in [2.24, 2.45) is 0 Å². The van der Waals surface area contributed by atoms with Crippen LogP contribution in [-0.2, 0) is 35.3 Å². The van der Waals surface area contributed by atoms with Gasteiger partial charge in [0.1, 0.15) is 11.4 Å². The molecule has 5 nitrogen and oxygen atoms in total. The van der Waals surface area contributed by atoms with Gasteiger partial charge >= 0.3 is 5.97 Å². The van der Waals surface area contributed by atoms with Crippen LogP contribution in [0, 0.1) is 0 Å². The Morgan fingerprint density at radius 2 is 1.54 bits per heavy atom. The molecule has 5 heteroatoms. The van der Waals surface area contributed by atoms with E-state index in [2.05, 4.69) is 37.3 Å². The minimum absolute atomic E-state index is 0.00662. The summed E-state index contributed by atoms with van der Waals surface area (Å²) in [6, 6.07) is 26.5. The van der Waals surface area contributed by atoms with E-state index in [0.717, 1.165) is 29.7 Å². The Morgan fingerprint density at radius 1 is 0.857 bits per heavy atom. The van der Waals surface area contributed by atoms with Crippen LogP contribution in [0.3, 0.4) is 0 Å². The highest BCUT2D eigenvalue weighted by atomic mass is 16.5. The van der Waals surface area contributed by atoms with Crippen molar-refractivity contribution in [2.45, 2.75) is 51.0 Å². The zero-order valence-electron chi connectivity index (χ0n) is 20.3. The van der Waals surface area contributed by atoms with Crippen molar-refractivity contribution in [1.29, 1.82) is 0 Å². The lowest BCUT2D eigenvalue weighted by Gasteiger charge is -2.24. The van der Waals surface area contributed by atoms with Crippen molar-refractivity contribution in [3.63, 3.8) is 0 Å². The Hall–Kier alpha value is -3.60. The number of hydrogen-bond acceptors (Lipinski definition) is 3. The zero-order chi connectivity index (χ0) is 24.7. The normalized spacial score (nSPS) is 16.4. The number of nitrogens with zero attached hydrogens (tertiary/aromatic N) is 1. The number of aliphatic carboxylic acids is 1. The number of benzene rings is 3. The zero-order valence-corrected chi connectivity index (χ0v) is 20.3. The number of rotatable bonds is 11. The van der Waals surface area contributed by atoms with Crippen molar-refractivity contribution < 1.29 is 19.4 Å². The summed E-state index contributed by atoms with van der Waals surface area (Å²) >= 11 is 0. The number of fused-ring (bicyclic) bond motifs is 1. The molecule has 1 heterocycles. The number of carbonyl (C=O) groups excluding carboxylic acids is 1. The lowest BCUT2D eigenvalue weighted by atomic mass is 9.91. The summed E-state index contributed by atoms with van der Waals surface area (Å²) in [6.07, 6.45) is 3.32. The molecule has 1 N–H and O–H groups in total. The lowest BCUT2D eigenvalue weighted by molar-refractivity contribution is -0.138. The third kappa shape index (κ3) is 6.95. The van der Waals surface area contributed by atoms with Crippen LogP contribution >= 0.6 is 0 Å². The highest BCUT2D eigenvalue weighted by molar-refractivity contribution is 5.77. The van der Waals surface area contributed by atoms with Crippen molar-refractivity contribution in [3.05, 3.63) is 101 Å². The summed E-state index contributed by atoms with van der Waals surface area (Å²) in [5.41, 5.74) is 4.40. The van der Waals surface area contributed by atoms with E-state index in [1.807, 2.05) is 48.5 Å². The first-order valence-electron chi connectivity index (χ1n) is 12.3. The van der Waals surface area contributed by atoms with Gasteiger partial charge in [-0.05, 0) is 48.1 Å². The topological polar surface area (TPSA) is 66.8 Å². The molecule has 3 aromatic rings. The summed E-state index contributed by atoms with van der Waals surface area (Å²) in [5, 5.41) is 9.11. The van der Waals surface area contributed by atoms with Gasteiger partial charge in [0.05, 0.1) is 6.42 Å². The Morgan fingerprint density at radius 3 is 2.23 bits per heavy atom. The second kappa shape index (κ2) is 11.2. The predicted octanol–water partition coefficient (Wildman–Crippen LogP) is 5.10. The molecule has 1 atom stereocenters. The maximum Gasteiger partial charge on any atom is 0.305 e. The monoisotopic (exact) mass is 471 g/mol. The SMILES string of the molecule is C[C@@]1(Cc2ccccc2)Cc2cc(CCC(=O)N(CCC(=O)O)CCc3ccccc3)ccc2O1. The van der Waals surface area contributed by atoms with Gasteiger partial charge in [0.15, 0.2) is 0 Å². The molecule has 0 saturated carbocycles. The molecule has 1 aliphatic heterocycles. The molecule has 0 aliphatic carbocycles. The largest absolute Gasteiger partial charge is 0.487 e. The maximum atomic E-state index is 13.0. The molecule has 182 valence electrons. The van der Waals surface area contributed by atoms with E-state index in [4.69, 9.17) is 9.84 Å². The van der Waals surface area contributed by atoms with Crippen LogP contribution in [0.5, 0.6) is 5.75 Å². The van der Waals surface area contributed by atoms with E-state index in [1.165, 1.54) is 11.1 Å². The van der Waals surface area contributed by atoms with Crippen LogP contribution in [0.15, 0.2) is 78.9 Å². The van der Waals surface area contributed by atoms with Crippen molar-refractivity contribution in [1.82, 2.24) is 4.90 Å². The molecule has 0 radical (unpaired) electrons. The first-order chi connectivity index (χ1) is 16.9. The highest BCUT2D eigenvalue weighted by Crippen LogP contribution is 2.37. The first-order valence-corrected chi connectivity index (χ1v) is 12.3. The number of carbonyl (C=O) groups is 2. The molecule has 1 aliphatic rings. The van der Waals surface area contributed by atoms with E-state index in [9.17, 15) is 9.59 Å². The molecule has 0 saturated heterocycles. The average Bonchev–Trinajstić information content (AvgIpc) is 3.18. The fourth-order valence-electron chi connectivity index (χ4n) is 4.77. The standard InChI is InChI=1S/C30H33NO4/c1-30(21-25-10-6-3-7-11-25)22-26-20-24(12-14-27(26)35-30)13-15-28(32)31(19-17-29(33)34)18-16-23-8-4-2-5-9-23/h2-12,14,20H,13,15-19,21-22H2,1H3,(H,33,34)/t30-/m1/s1. The Labute approximate surface area is 207 Å². The van der Waals surface area contributed by atoms with Gasteiger partial charge in [0, 0.05) is 32.4 Å². The van der Waals surface area contributed by atoms with Crippen molar-refractivity contribution in [2.75, 3.05) is 13.1 Å². The van der Waals surface area contributed by atoms with E-state index < -0.39 is 5.97 Å². The third-order valence-corrected chi connectivity index (χ3v) is 6.56. The first kappa shape index (κ1) is 24.5. The van der Waals surface area contributed by atoms with Crippen LogP contribution in [-0.4, -0.2) is 40.6 Å². The molecule has 0 spiro atoms. The second-order valence-electron chi connectivity index (χ2n) is 9.59. The molecule has 0 bridgehead atoms. The number of ether oxygens (including phenoxy) is 1. The molecule has 35 heavy (non-hydrogen) atoms. The molecular weight excluding hydrogens is 438 g/mol. The van der Waals surface area contributed by atoms with Gasteiger partial charge < -0.3 is 14.7 Å². The number of carboxylic acids is 1. The van der Waals surface area contributed by atoms with E-state index in [-0.39, 0.29) is 24.5 Å². The van der Waals surface area contributed by atoms with Gasteiger partial charge in [-0.3, -0.25) is 9.59 Å². The Bertz CT molecular complexity index is 1150. The van der Waals surface area contributed by atoms with E-state index in [0.29, 0.717) is 25.8 Å². The van der Waals surface area contributed by atoms with Gasteiger partial charge in [0.25, 0.3) is 0 Å².